The number of carbonyl (C=O) groups is 1. The van der Waals surface area contributed by atoms with Crippen LogP contribution in [0.2, 0.25) is 0 Å². The fourth-order valence-electron chi connectivity index (χ4n) is 4.72. The van der Waals surface area contributed by atoms with Crippen LogP contribution in [0.4, 0.5) is 5.82 Å². The lowest BCUT2D eigenvalue weighted by Crippen LogP contribution is -2.37. The molecular formula is C25H32N6O3. The third-order valence-electron chi connectivity index (χ3n) is 6.60. The average Bonchev–Trinajstić information content (AvgIpc) is 3.26. The van der Waals surface area contributed by atoms with Crippen molar-refractivity contribution >= 4 is 22.8 Å². The average molecular weight is 465 g/mol. The van der Waals surface area contributed by atoms with E-state index in [4.69, 9.17) is 14.2 Å². The molecule has 0 saturated carbocycles. The van der Waals surface area contributed by atoms with Crippen LogP contribution >= 0.6 is 0 Å². The number of hydrogen-bond donors (Lipinski definition) is 1. The van der Waals surface area contributed by atoms with Crippen molar-refractivity contribution in [3.8, 4) is 0 Å². The zero-order valence-electron chi connectivity index (χ0n) is 19.8. The van der Waals surface area contributed by atoms with Gasteiger partial charge < -0.3 is 19.5 Å². The normalized spacial score (nSPS) is 16.6. The van der Waals surface area contributed by atoms with Crippen molar-refractivity contribution in [2.24, 2.45) is 0 Å². The number of aromatic nitrogens is 3. The Labute approximate surface area is 199 Å². The molecule has 0 unspecified atom stereocenters. The van der Waals surface area contributed by atoms with E-state index in [1.807, 2.05) is 6.92 Å². The minimum atomic E-state index is 0.0226. The molecule has 9 heteroatoms. The molecule has 0 bridgehead atoms. The van der Waals surface area contributed by atoms with Crippen molar-refractivity contribution < 1.29 is 14.1 Å². The van der Waals surface area contributed by atoms with Gasteiger partial charge in [-0.05, 0) is 30.9 Å². The first-order chi connectivity index (χ1) is 16.7. The molecule has 3 aromatic rings. The zero-order valence-corrected chi connectivity index (χ0v) is 19.8. The van der Waals surface area contributed by atoms with Crippen LogP contribution in [-0.4, -0.2) is 71.9 Å². The largest absolute Gasteiger partial charge is 0.378 e. The van der Waals surface area contributed by atoms with Crippen LogP contribution in [-0.2, 0) is 28.9 Å². The number of rotatable bonds is 8. The Kier molecular flexibility index (Phi) is 7.01. The van der Waals surface area contributed by atoms with Crippen molar-refractivity contribution in [1.29, 1.82) is 0 Å². The van der Waals surface area contributed by atoms with Crippen molar-refractivity contribution in [1.82, 2.24) is 25.3 Å². The van der Waals surface area contributed by atoms with Gasteiger partial charge in [0, 0.05) is 52.1 Å². The molecule has 1 saturated heterocycles. The number of nitrogens with one attached hydrogen (secondary N) is 1. The smallest absolute Gasteiger partial charge is 0.263 e. The van der Waals surface area contributed by atoms with Gasteiger partial charge in [-0.1, -0.05) is 29.4 Å². The fraction of sp³-hybridized carbons (Fsp3) is 0.520. The highest BCUT2D eigenvalue weighted by molar-refractivity contribution is 5.88. The van der Waals surface area contributed by atoms with E-state index >= 15 is 0 Å². The quantitative estimate of drug-likeness (QED) is 0.507. The van der Waals surface area contributed by atoms with Gasteiger partial charge in [0.05, 0.1) is 18.9 Å². The Hall–Kier alpha value is -3.04. The van der Waals surface area contributed by atoms with Gasteiger partial charge in [-0.15, -0.1) is 0 Å². The summed E-state index contributed by atoms with van der Waals surface area (Å²) in [6.07, 6.45) is 2.85. The van der Waals surface area contributed by atoms with E-state index in [-0.39, 0.29) is 5.91 Å². The van der Waals surface area contributed by atoms with Gasteiger partial charge in [0.15, 0.2) is 0 Å². The number of morpholine rings is 1. The lowest BCUT2D eigenvalue weighted by atomic mass is 10.00. The molecule has 2 aromatic heterocycles. The Morgan fingerprint density at radius 2 is 1.94 bits per heavy atom. The molecule has 9 nitrogen and oxygen atoms in total. The standard InChI is InChI=1S/C25H32N6O3/c1-18-23-24(31-13-15-33-16-14-31)27-21(28-25(23)34-29-18)7-8-22(32)26-10-4-11-30-12-9-19-5-2-3-6-20(19)17-30/h2-3,5-6H,4,7-17H2,1H3,(H,26,32). The van der Waals surface area contributed by atoms with Crippen LogP contribution in [0.3, 0.4) is 0 Å². The fourth-order valence-corrected chi connectivity index (χ4v) is 4.72. The second-order valence-electron chi connectivity index (χ2n) is 9.01. The molecule has 2 aliphatic heterocycles. The molecule has 0 atom stereocenters. The van der Waals surface area contributed by atoms with Crippen LogP contribution in [0.15, 0.2) is 28.8 Å². The number of benzene rings is 1. The molecule has 0 radical (unpaired) electrons. The van der Waals surface area contributed by atoms with Crippen LogP contribution < -0.4 is 10.2 Å². The maximum atomic E-state index is 12.4. The van der Waals surface area contributed by atoms with Gasteiger partial charge in [0.1, 0.15) is 17.0 Å². The van der Waals surface area contributed by atoms with E-state index in [9.17, 15) is 4.79 Å². The number of fused-ring (bicyclic) bond motifs is 2. The molecule has 180 valence electrons. The molecule has 4 heterocycles. The third kappa shape index (κ3) is 5.20. The maximum absolute atomic E-state index is 12.4. The molecule has 0 spiro atoms. The summed E-state index contributed by atoms with van der Waals surface area (Å²) < 4.78 is 10.9. The number of carbonyl (C=O) groups excluding carboxylic acids is 1. The first-order valence-corrected chi connectivity index (χ1v) is 12.2. The summed E-state index contributed by atoms with van der Waals surface area (Å²) in [5.74, 6) is 1.45. The zero-order chi connectivity index (χ0) is 23.3. The van der Waals surface area contributed by atoms with E-state index in [1.54, 1.807) is 0 Å². The summed E-state index contributed by atoms with van der Waals surface area (Å²) in [4.78, 5) is 26.4. The van der Waals surface area contributed by atoms with Gasteiger partial charge >= 0.3 is 0 Å². The molecule has 0 aliphatic carbocycles. The molecule has 1 aromatic carbocycles. The van der Waals surface area contributed by atoms with Crippen LogP contribution in [0, 0.1) is 6.92 Å². The van der Waals surface area contributed by atoms with Crippen LogP contribution in [0.25, 0.3) is 11.1 Å². The first-order valence-electron chi connectivity index (χ1n) is 12.2. The Bertz CT molecular complexity index is 1140. The van der Waals surface area contributed by atoms with Gasteiger partial charge in [-0.3, -0.25) is 9.69 Å². The number of ether oxygens (including phenoxy) is 1. The number of nitrogens with zero attached hydrogens (tertiary/aromatic N) is 5. The van der Waals surface area contributed by atoms with Gasteiger partial charge in [0.2, 0.25) is 5.91 Å². The van der Waals surface area contributed by atoms with Gasteiger partial charge in [-0.25, -0.2) is 4.98 Å². The molecule has 2 aliphatic rings. The molecule has 34 heavy (non-hydrogen) atoms. The van der Waals surface area contributed by atoms with E-state index in [0.717, 1.165) is 62.5 Å². The lowest BCUT2D eigenvalue weighted by Gasteiger charge is -2.28. The highest BCUT2D eigenvalue weighted by atomic mass is 16.5. The van der Waals surface area contributed by atoms with E-state index in [0.29, 0.717) is 44.1 Å². The topological polar surface area (TPSA) is 96.6 Å². The SMILES string of the molecule is Cc1noc2nc(CCC(=O)NCCCN3CCc4ccccc4C3)nc(N3CCOCC3)c12. The third-order valence-corrected chi connectivity index (χ3v) is 6.60. The minimum Gasteiger partial charge on any atom is -0.378 e. The summed E-state index contributed by atoms with van der Waals surface area (Å²) >= 11 is 0. The molecular weight excluding hydrogens is 432 g/mol. The van der Waals surface area contributed by atoms with E-state index in [1.165, 1.54) is 11.1 Å². The second kappa shape index (κ2) is 10.5. The Morgan fingerprint density at radius 3 is 2.79 bits per heavy atom. The maximum Gasteiger partial charge on any atom is 0.263 e. The monoisotopic (exact) mass is 464 g/mol. The highest BCUT2D eigenvalue weighted by Gasteiger charge is 2.22. The van der Waals surface area contributed by atoms with Crippen LogP contribution in [0.1, 0.15) is 35.5 Å². The number of amides is 1. The number of hydrogen-bond acceptors (Lipinski definition) is 8. The molecule has 1 fully saturated rings. The molecule has 1 amide bonds. The Morgan fingerprint density at radius 1 is 1.12 bits per heavy atom. The minimum absolute atomic E-state index is 0.0226. The summed E-state index contributed by atoms with van der Waals surface area (Å²) in [7, 11) is 0. The summed E-state index contributed by atoms with van der Waals surface area (Å²) in [5.41, 5.74) is 4.14. The summed E-state index contributed by atoms with van der Waals surface area (Å²) in [6, 6.07) is 8.66. The van der Waals surface area contributed by atoms with Crippen molar-refractivity contribution in [2.45, 2.75) is 39.2 Å². The van der Waals surface area contributed by atoms with Crippen molar-refractivity contribution in [3.05, 3.63) is 46.9 Å². The number of aryl methyl sites for hydroxylation is 2. The molecule has 1 N–H and O–H groups in total. The van der Waals surface area contributed by atoms with E-state index < -0.39 is 0 Å². The second-order valence-corrected chi connectivity index (χ2v) is 9.01. The van der Waals surface area contributed by atoms with E-state index in [2.05, 4.69) is 49.5 Å². The van der Waals surface area contributed by atoms with Crippen LogP contribution in [0.5, 0.6) is 0 Å². The summed E-state index contributed by atoms with van der Waals surface area (Å²) in [5, 5.41) is 7.96. The molecule has 5 rings (SSSR count). The summed E-state index contributed by atoms with van der Waals surface area (Å²) in [6.45, 7) is 8.50. The predicted molar refractivity (Wildman–Crippen MR) is 129 cm³/mol. The lowest BCUT2D eigenvalue weighted by molar-refractivity contribution is -0.121. The van der Waals surface area contributed by atoms with Crippen molar-refractivity contribution in [2.75, 3.05) is 50.8 Å². The number of anilines is 1. The Balaban J connectivity index is 1.10. The first kappa shape index (κ1) is 22.7. The predicted octanol–water partition coefficient (Wildman–Crippen LogP) is 2.26. The highest BCUT2D eigenvalue weighted by Crippen LogP contribution is 2.27. The van der Waals surface area contributed by atoms with Crippen molar-refractivity contribution in [3.63, 3.8) is 0 Å². The van der Waals surface area contributed by atoms with Gasteiger partial charge in [0.25, 0.3) is 5.71 Å². The van der Waals surface area contributed by atoms with Gasteiger partial charge in [-0.2, -0.15) is 4.98 Å².